The fraction of sp³-hybridized carbons (Fsp3) is 0.100. The number of primary amides is 1. The first-order valence-corrected chi connectivity index (χ1v) is 7.91. The highest BCUT2D eigenvalue weighted by molar-refractivity contribution is 6.00. The van der Waals surface area contributed by atoms with Crippen LogP contribution in [0.2, 0.25) is 0 Å². The number of aromatic nitrogens is 1. The zero-order chi connectivity index (χ0) is 16.5. The van der Waals surface area contributed by atoms with Crippen LogP contribution in [0.15, 0.2) is 78.4 Å². The molecule has 1 atom stereocenters. The van der Waals surface area contributed by atoms with E-state index in [-0.39, 0.29) is 5.92 Å². The molecule has 0 fully saturated rings. The third-order valence-corrected chi connectivity index (χ3v) is 4.54. The van der Waals surface area contributed by atoms with Gasteiger partial charge in [-0.05, 0) is 40.8 Å². The first kappa shape index (κ1) is 14.5. The normalized spacial score (nSPS) is 19.2. The number of nitrogens with one attached hydrogen (secondary N) is 1. The molecule has 1 aromatic carbocycles. The first-order chi connectivity index (χ1) is 11.7. The summed E-state index contributed by atoms with van der Waals surface area (Å²) in [5.41, 5.74) is 11.5. The summed E-state index contributed by atoms with van der Waals surface area (Å²) in [6.07, 6.45) is 8.30. The van der Waals surface area contributed by atoms with E-state index in [1.807, 2.05) is 48.8 Å². The second-order valence-corrected chi connectivity index (χ2v) is 5.97. The summed E-state index contributed by atoms with van der Waals surface area (Å²) in [5, 5.41) is 3.25. The maximum absolute atomic E-state index is 12.0. The van der Waals surface area contributed by atoms with Crippen molar-refractivity contribution in [2.24, 2.45) is 11.7 Å². The molecule has 24 heavy (non-hydrogen) atoms. The lowest BCUT2D eigenvalue weighted by atomic mass is 9.80. The van der Waals surface area contributed by atoms with Gasteiger partial charge in [0.05, 0.1) is 5.57 Å². The number of fused-ring (bicyclic) bond motifs is 1. The third kappa shape index (κ3) is 2.42. The number of allylic oxidation sites excluding steroid dienone is 2. The van der Waals surface area contributed by atoms with E-state index in [4.69, 9.17) is 5.73 Å². The molecule has 0 radical (unpaired) electrons. The Bertz CT molecular complexity index is 880. The molecule has 3 N–H and O–H groups in total. The van der Waals surface area contributed by atoms with Crippen molar-refractivity contribution >= 4 is 17.1 Å². The molecule has 1 amide bonds. The van der Waals surface area contributed by atoms with E-state index in [1.54, 1.807) is 6.20 Å². The Labute approximate surface area is 140 Å². The predicted molar refractivity (Wildman–Crippen MR) is 94.1 cm³/mol. The number of pyridine rings is 1. The number of hydrogen-bond donors (Lipinski definition) is 2. The Balaban J connectivity index is 1.78. The molecule has 0 saturated heterocycles. The average molecular weight is 315 g/mol. The summed E-state index contributed by atoms with van der Waals surface area (Å²) in [5.74, 6) is -0.312. The van der Waals surface area contributed by atoms with Crippen LogP contribution in [0.3, 0.4) is 0 Å². The van der Waals surface area contributed by atoms with E-state index >= 15 is 0 Å². The molecule has 0 spiro atoms. The van der Waals surface area contributed by atoms with Gasteiger partial charge in [0.15, 0.2) is 0 Å². The second-order valence-electron chi connectivity index (χ2n) is 5.97. The number of rotatable bonds is 3. The third-order valence-electron chi connectivity index (χ3n) is 4.54. The van der Waals surface area contributed by atoms with E-state index in [9.17, 15) is 4.79 Å². The summed E-state index contributed by atoms with van der Waals surface area (Å²) in [7, 11) is 0. The van der Waals surface area contributed by atoms with Crippen molar-refractivity contribution in [3.8, 4) is 0 Å². The van der Waals surface area contributed by atoms with Gasteiger partial charge >= 0.3 is 0 Å². The lowest BCUT2D eigenvalue weighted by Crippen LogP contribution is -2.23. The molecule has 2 aromatic rings. The molecular weight excluding hydrogens is 298 g/mol. The molecule has 2 aliphatic rings. The van der Waals surface area contributed by atoms with Crippen molar-refractivity contribution in [3.63, 3.8) is 0 Å². The second kappa shape index (κ2) is 5.81. The van der Waals surface area contributed by atoms with Crippen molar-refractivity contribution in [2.75, 3.05) is 0 Å². The molecule has 4 heteroatoms. The van der Waals surface area contributed by atoms with Crippen LogP contribution in [0.4, 0.5) is 0 Å². The van der Waals surface area contributed by atoms with Crippen molar-refractivity contribution in [2.45, 2.75) is 6.42 Å². The summed E-state index contributed by atoms with van der Waals surface area (Å²) in [4.78, 5) is 16.2. The highest BCUT2D eigenvalue weighted by atomic mass is 16.1. The maximum atomic E-state index is 12.0. The van der Waals surface area contributed by atoms with Gasteiger partial charge in [0.1, 0.15) is 0 Å². The summed E-state index contributed by atoms with van der Waals surface area (Å²) < 4.78 is 0. The lowest BCUT2D eigenvalue weighted by Gasteiger charge is -2.24. The van der Waals surface area contributed by atoms with Crippen LogP contribution in [0.25, 0.3) is 11.1 Å². The zero-order valence-corrected chi connectivity index (χ0v) is 13.1. The summed E-state index contributed by atoms with van der Waals surface area (Å²) in [6.45, 7) is 0. The minimum atomic E-state index is -0.406. The molecule has 118 valence electrons. The molecule has 1 aliphatic heterocycles. The molecule has 1 aromatic heterocycles. The maximum Gasteiger partial charge on any atom is 0.250 e. The van der Waals surface area contributed by atoms with Gasteiger partial charge in [0.25, 0.3) is 0 Å². The van der Waals surface area contributed by atoms with Gasteiger partial charge in [-0.3, -0.25) is 9.78 Å². The number of benzene rings is 1. The molecule has 0 saturated carbocycles. The molecule has 4 rings (SSSR count). The minimum Gasteiger partial charge on any atom is -0.366 e. The topological polar surface area (TPSA) is 68.0 Å². The van der Waals surface area contributed by atoms with Crippen LogP contribution in [0.1, 0.15) is 17.5 Å². The Kier molecular flexibility index (Phi) is 3.50. The monoisotopic (exact) mass is 315 g/mol. The fourth-order valence-electron chi connectivity index (χ4n) is 3.40. The summed E-state index contributed by atoms with van der Waals surface area (Å²) in [6, 6.07) is 14.1. The Morgan fingerprint density at radius 1 is 1.12 bits per heavy atom. The van der Waals surface area contributed by atoms with Crippen molar-refractivity contribution in [1.82, 2.24) is 10.3 Å². The molecule has 1 aliphatic carbocycles. The van der Waals surface area contributed by atoms with Crippen LogP contribution < -0.4 is 11.1 Å². The van der Waals surface area contributed by atoms with Crippen molar-refractivity contribution in [3.05, 3.63) is 89.5 Å². The van der Waals surface area contributed by atoms with Crippen molar-refractivity contribution in [1.29, 1.82) is 0 Å². The fourth-order valence-corrected chi connectivity index (χ4v) is 3.40. The van der Waals surface area contributed by atoms with Crippen LogP contribution in [0.5, 0.6) is 0 Å². The van der Waals surface area contributed by atoms with E-state index in [0.29, 0.717) is 5.57 Å². The summed E-state index contributed by atoms with van der Waals surface area (Å²) >= 11 is 0. The first-order valence-electron chi connectivity index (χ1n) is 7.91. The molecule has 4 nitrogen and oxygen atoms in total. The predicted octanol–water partition coefficient (Wildman–Crippen LogP) is 2.87. The zero-order valence-electron chi connectivity index (χ0n) is 13.1. The highest BCUT2D eigenvalue weighted by Crippen LogP contribution is 2.43. The number of hydrogen-bond acceptors (Lipinski definition) is 3. The van der Waals surface area contributed by atoms with Gasteiger partial charge in [-0.2, -0.15) is 0 Å². The Morgan fingerprint density at radius 2 is 1.92 bits per heavy atom. The van der Waals surface area contributed by atoms with E-state index < -0.39 is 5.91 Å². The SMILES string of the molecule is NC(=O)C1=C2NC=C(c3cccnc3)C2CC(c2ccccc2)=C1. The number of amides is 1. The lowest BCUT2D eigenvalue weighted by molar-refractivity contribution is -0.114. The van der Waals surface area contributed by atoms with Gasteiger partial charge < -0.3 is 11.1 Å². The molecule has 2 heterocycles. The molecule has 1 unspecified atom stereocenters. The largest absolute Gasteiger partial charge is 0.366 e. The van der Waals surface area contributed by atoms with Crippen LogP contribution in [-0.4, -0.2) is 10.9 Å². The number of carbonyl (C=O) groups excluding carboxylic acids is 1. The standard InChI is InChI=1S/C20H17N3O/c21-20(24)17-10-15(13-5-2-1-3-6-13)9-16-18(12-23-19(16)17)14-7-4-8-22-11-14/h1-8,10-12,16,23H,9H2,(H2,21,24). The van der Waals surface area contributed by atoms with Gasteiger partial charge in [-0.1, -0.05) is 36.4 Å². The van der Waals surface area contributed by atoms with Gasteiger partial charge in [0.2, 0.25) is 5.91 Å². The smallest absolute Gasteiger partial charge is 0.250 e. The van der Waals surface area contributed by atoms with E-state index in [0.717, 1.165) is 34.4 Å². The number of carbonyl (C=O) groups is 1. The van der Waals surface area contributed by atoms with Crippen LogP contribution >= 0.6 is 0 Å². The van der Waals surface area contributed by atoms with Gasteiger partial charge in [0, 0.05) is 30.2 Å². The van der Waals surface area contributed by atoms with E-state index in [2.05, 4.69) is 22.4 Å². The highest BCUT2D eigenvalue weighted by Gasteiger charge is 2.33. The Hall–Kier alpha value is -3.14. The number of nitrogens with zero attached hydrogens (tertiary/aromatic N) is 1. The molecule has 0 bridgehead atoms. The van der Waals surface area contributed by atoms with Crippen molar-refractivity contribution < 1.29 is 4.79 Å². The minimum absolute atomic E-state index is 0.0944. The van der Waals surface area contributed by atoms with Gasteiger partial charge in [-0.15, -0.1) is 0 Å². The number of nitrogens with two attached hydrogens (primary N) is 1. The average Bonchev–Trinajstić information content (AvgIpc) is 3.06. The Morgan fingerprint density at radius 3 is 2.62 bits per heavy atom. The molecular formula is C20H17N3O. The van der Waals surface area contributed by atoms with Crippen LogP contribution in [-0.2, 0) is 4.79 Å². The quantitative estimate of drug-likeness (QED) is 0.915. The van der Waals surface area contributed by atoms with E-state index in [1.165, 1.54) is 0 Å². The van der Waals surface area contributed by atoms with Gasteiger partial charge in [-0.25, -0.2) is 0 Å². The van der Waals surface area contributed by atoms with Crippen LogP contribution in [0, 0.1) is 5.92 Å².